The number of nitrogens with one attached hydrogen (secondary N) is 3. The van der Waals surface area contributed by atoms with Crippen LogP contribution >= 0.6 is 0 Å². The lowest BCUT2D eigenvalue weighted by atomic mass is 10.2. The van der Waals surface area contributed by atoms with E-state index in [1.807, 2.05) is 5.32 Å². The molecule has 0 bridgehead atoms. The van der Waals surface area contributed by atoms with Crippen molar-refractivity contribution in [1.29, 1.82) is 10.7 Å². The van der Waals surface area contributed by atoms with Crippen LogP contribution in [0.4, 0.5) is 23.2 Å². The number of nitrogens with zero attached hydrogens (tertiary/aromatic N) is 1. The Morgan fingerprint density at radius 2 is 2.00 bits per heavy atom. The second kappa shape index (κ2) is 4.69. The van der Waals surface area contributed by atoms with Gasteiger partial charge in [0, 0.05) is 5.69 Å². The molecular formula is C9H6F4N4. The third kappa shape index (κ3) is 3.34. The summed E-state index contributed by atoms with van der Waals surface area (Å²) in [6.07, 6.45) is -3.40. The summed E-state index contributed by atoms with van der Waals surface area (Å²) in [5.41, 5.74) is -1.58. The Kier molecular flexibility index (Phi) is 3.52. The Morgan fingerprint density at radius 1 is 1.35 bits per heavy atom. The fourth-order valence-corrected chi connectivity index (χ4v) is 1.05. The third-order valence-electron chi connectivity index (χ3n) is 1.72. The largest absolute Gasteiger partial charge is 0.419 e. The molecule has 4 nitrogen and oxygen atoms in total. The van der Waals surface area contributed by atoms with Crippen LogP contribution in [-0.2, 0) is 6.18 Å². The number of hydrogen-bond donors (Lipinski definition) is 3. The maximum absolute atomic E-state index is 12.9. The summed E-state index contributed by atoms with van der Waals surface area (Å²) in [6.45, 7) is 0. The summed E-state index contributed by atoms with van der Waals surface area (Å²) in [6, 6.07) is 2.17. The molecule has 0 amide bonds. The van der Waals surface area contributed by atoms with Crippen molar-refractivity contribution in [3.63, 3.8) is 0 Å². The molecule has 1 aromatic carbocycles. The average molecular weight is 246 g/mol. The van der Waals surface area contributed by atoms with Gasteiger partial charge in [-0.2, -0.15) is 18.4 Å². The minimum atomic E-state index is -4.81. The highest BCUT2D eigenvalue weighted by Gasteiger charge is 2.34. The summed E-state index contributed by atoms with van der Waals surface area (Å²) >= 11 is 0. The molecule has 17 heavy (non-hydrogen) atoms. The number of alkyl halides is 3. The fraction of sp³-hybridized carbons (Fsp3) is 0.111. The highest BCUT2D eigenvalue weighted by atomic mass is 19.4. The summed E-state index contributed by atoms with van der Waals surface area (Å²) in [5, 5.41) is 19.3. The second-order valence-electron chi connectivity index (χ2n) is 2.93. The predicted octanol–water partition coefficient (Wildman–Crippen LogP) is 2.26. The topological polar surface area (TPSA) is 71.7 Å². The Morgan fingerprint density at radius 3 is 2.53 bits per heavy atom. The molecule has 0 fully saturated rings. The molecule has 3 N–H and O–H groups in total. The first kappa shape index (κ1) is 12.8. The van der Waals surface area contributed by atoms with Gasteiger partial charge in [0.25, 0.3) is 0 Å². The number of guanidine groups is 1. The van der Waals surface area contributed by atoms with Crippen molar-refractivity contribution in [1.82, 2.24) is 5.32 Å². The van der Waals surface area contributed by atoms with Crippen molar-refractivity contribution < 1.29 is 17.6 Å². The van der Waals surface area contributed by atoms with E-state index in [4.69, 9.17) is 10.7 Å². The van der Waals surface area contributed by atoms with E-state index in [9.17, 15) is 17.6 Å². The van der Waals surface area contributed by atoms with Crippen LogP contribution in [0.25, 0.3) is 0 Å². The lowest BCUT2D eigenvalue weighted by Crippen LogP contribution is -2.25. The molecule has 1 rings (SSSR count). The van der Waals surface area contributed by atoms with E-state index in [1.54, 1.807) is 0 Å². The summed E-state index contributed by atoms with van der Waals surface area (Å²) in [5.74, 6) is -1.91. The average Bonchev–Trinajstić information content (AvgIpc) is 2.19. The van der Waals surface area contributed by atoms with Crippen LogP contribution < -0.4 is 10.6 Å². The molecule has 0 aliphatic carbocycles. The number of rotatable bonds is 1. The van der Waals surface area contributed by atoms with E-state index >= 15 is 0 Å². The van der Waals surface area contributed by atoms with Gasteiger partial charge in [-0.1, -0.05) is 0 Å². The zero-order valence-electron chi connectivity index (χ0n) is 8.19. The maximum atomic E-state index is 12.9. The highest BCUT2D eigenvalue weighted by Crippen LogP contribution is 2.32. The molecule has 0 saturated heterocycles. The molecule has 1 aromatic rings. The standard InChI is InChI=1S/C9H6F4N4/c10-7-2-1-5(17-8(15)16-4-14)3-6(7)9(11,12)13/h1-3H,(H3,15,16,17). The lowest BCUT2D eigenvalue weighted by Gasteiger charge is -2.11. The van der Waals surface area contributed by atoms with Gasteiger partial charge >= 0.3 is 6.18 Å². The first-order chi connectivity index (χ1) is 7.84. The van der Waals surface area contributed by atoms with Crippen LogP contribution in [0.3, 0.4) is 0 Å². The SMILES string of the molecule is N#CNC(=N)Nc1ccc(F)c(C(F)(F)F)c1. The quantitative estimate of drug-likeness (QED) is 0.234. The molecule has 0 radical (unpaired) electrons. The molecule has 8 heteroatoms. The smallest absolute Gasteiger partial charge is 0.326 e. The van der Waals surface area contributed by atoms with Gasteiger partial charge in [0.1, 0.15) is 5.82 Å². The molecule has 0 aliphatic heterocycles. The maximum Gasteiger partial charge on any atom is 0.419 e. The van der Waals surface area contributed by atoms with Crippen molar-refractivity contribution >= 4 is 11.6 Å². The van der Waals surface area contributed by atoms with Crippen LogP contribution in [0.15, 0.2) is 18.2 Å². The molecule has 90 valence electrons. The van der Waals surface area contributed by atoms with E-state index in [1.165, 1.54) is 6.19 Å². The molecule has 0 spiro atoms. The molecule has 0 atom stereocenters. The highest BCUT2D eigenvalue weighted by molar-refractivity contribution is 5.92. The van der Waals surface area contributed by atoms with Gasteiger partial charge in [-0.3, -0.25) is 10.7 Å². The van der Waals surface area contributed by atoms with Crippen molar-refractivity contribution in [2.24, 2.45) is 0 Å². The van der Waals surface area contributed by atoms with Gasteiger partial charge in [0.05, 0.1) is 5.56 Å². The summed E-state index contributed by atoms with van der Waals surface area (Å²) < 4.78 is 49.9. The Hall–Kier alpha value is -2.30. The zero-order chi connectivity index (χ0) is 13.1. The number of benzene rings is 1. The van der Waals surface area contributed by atoms with Crippen LogP contribution in [-0.4, -0.2) is 5.96 Å². The first-order valence-corrected chi connectivity index (χ1v) is 4.22. The molecule has 0 heterocycles. The fourth-order valence-electron chi connectivity index (χ4n) is 1.05. The first-order valence-electron chi connectivity index (χ1n) is 4.22. The molecule has 0 unspecified atom stereocenters. The number of anilines is 1. The molecular weight excluding hydrogens is 240 g/mol. The summed E-state index contributed by atoms with van der Waals surface area (Å²) in [7, 11) is 0. The van der Waals surface area contributed by atoms with E-state index in [0.29, 0.717) is 12.1 Å². The number of nitriles is 1. The van der Waals surface area contributed by atoms with Crippen molar-refractivity contribution in [3.8, 4) is 6.19 Å². The van der Waals surface area contributed by atoms with Crippen LogP contribution in [0.2, 0.25) is 0 Å². The van der Waals surface area contributed by atoms with Gasteiger partial charge in [0.2, 0.25) is 5.96 Å². The van der Waals surface area contributed by atoms with Gasteiger partial charge in [-0.15, -0.1) is 0 Å². The van der Waals surface area contributed by atoms with Crippen LogP contribution in [0.1, 0.15) is 5.56 Å². The van der Waals surface area contributed by atoms with Crippen molar-refractivity contribution in [2.75, 3.05) is 5.32 Å². The van der Waals surface area contributed by atoms with Crippen LogP contribution in [0.5, 0.6) is 0 Å². The van der Waals surface area contributed by atoms with Gasteiger partial charge in [0.15, 0.2) is 6.19 Å². The molecule has 0 saturated carbocycles. The lowest BCUT2D eigenvalue weighted by molar-refractivity contribution is -0.139. The number of hydrogen-bond acceptors (Lipinski definition) is 2. The van der Waals surface area contributed by atoms with Crippen molar-refractivity contribution in [3.05, 3.63) is 29.6 Å². The van der Waals surface area contributed by atoms with E-state index in [2.05, 4.69) is 5.32 Å². The van der Waals surface area contributed by atoms with Gasteiger partial charge in [-0.05, 0) is 18.2 Å². The Labute approximate surface area is 93.4 Å². The Balaban J connectivity index is 2.98. The predicted molar refractivity (Wildman–Crippen MR) is 51.5 cm³/mol. The minimum absolute atomic E-state index is 0.147. The van der Waals surface area contributed by atoms with Gasteiger partial charge < -0.3 is 5.32 Å². The van der Waals surface area contributed by atoms with Crippen molar-refractivity contribution in [2.45, 2.75) is 6.18 Å². The van der Waals surface area contributed by atoms with Gasteiger partial charge in [-0.25, -0.2) is 4.39 Å². The normalized spacial score (nSPS) is 10.5. The van der Waals surface area contributed by atoms with E-state index < -0.39 is 23.5 Å². The minimum Gasteiger partial charge on any atom is -0.326 e. The Bertz CT molecular complexity index is 475. The van der Waals surface area contributed by atoms with E-state index in [0.717, 1.165) is 6.07 Å². The molecule has 0 aromatic heterocycles. The molecule has 0 aliphatic rings. The summed E-state index contributed by atoms with van der Waals surface area (Å²) in [4.78, 5) is 0. The van der Waals surface area contributed by atoms with E-state index in [-0.39, 0.29) is 5.69 Å². The third-order valence-corrected chi connectivity index (χ3v) is 1.72. The monoisotopic (exact) mass is 246 g/mol. The van der Waals surface area contributed by atoms with Crippen LogP contribution in [0, 0.1) is 22.7 Å². The second-order valence-corrected chi connectivity index (χ2v) is 2.93. The zero-order valence-corrected chi connectivity index (χ0v) is 8.19. The number of halogens is 4.